The van der Waals surface area contributed by atoms with Crippen molar-refractivity contribution in [2.75, 3.05) is 13.1 Å². The van der Waals surface area contributed by atoms with Gasteiger partial charge in [-0.15, -0.1) is 0 Å². The molecule has 6 heteroatoms. The first-order valence-corrected chi connectivity index (χ1v) is 7.78. The van der Waals surface area contributed by atoms with E-state index in [2.05, 4.69) is 9.97 Å². The highest BCUT2D eigenvalue weighted by atomic mass is 16.3. The zero-order chi connectivity index (χ0) is 15.5. The summed E-state index contributed by atoms with van der Waals surface area (Å²) in [6.45, 7) is 1.22. The molecule has 2 aromatic rings. The van der Waals surface area contributed by atoms with E-state index in [0.717, 1.165) is 48.8 Å². The number of rotatable bonds is 4. The average molecular weight is 303 g/mol. The second-order valence-corrected chi connectivity index (χ2v) is 5.95. The first-order chi connectivity index (χ1) is 10.6. The van der Waals surface area contributed by atoms with Crippen LogP contribution in [0.25, 0.3) is 11.0 Å². The predicted octanol–water partition coefficient (Wildman–Crippen LogP) is 1.16. The molecule has 1 unspecified atom stereocenters. The van der Waals surface area contributed by atoms with Crippen molar-refractivity contribution >= 4 is 16.9 Å². The number of fused-ring (bicyclic) bond motifs is 1. The van der Waals surface area contributed by atoms with Crippen molar-refractivity contribution < 1.29 is 9.90 Å². The maximum atomic E-state index is 12.1. The van der Waals surface area contributed by atoms with Gasteiger partial charge in [0.05, 0.1) is 17.1 Å². The number of aromatic nitrogens is 2. The number of benzene rings is 1. The zero-order valence-corrected chi connectivity index (χ0v) is 12.5. The van der Waals surface area contributed by atoms with Gasteiger partial charge in [0, 0.05) is 19.5 Å². The first-order valence-electron chi connectivity index (χ1n) is 7.78. The Bertz CT molecular complexity index is 719. The molecule has 1 fully saturated rings. The lowest BCUT2D eigenvalue weighted by Crippen LogP contribution is -2.42. The highest BCUT2D eigenvalue weighted by molar-refractivity contribution is 5.76. The fourth-order valence-corrected chi connectivity index (χ4v) is 3.02. The summed E-state index contributed by atoms with van der Waals surface area (Å²) in [5.74, 6) is 0.120. The van der Waals surface area contributed by atoms with Crippen molar-refractivity contribution in [2.24, 2.45) is 0 Å². The van der Waals surface area contributed by atoms with E-state index >= 15 is 0 Å². The number of nitrogens with one attached hydrogen (secondary N) is 2. The number of carbonyl (C=O) groups excluding carboxylic acids is 1. The number of β-amino-alcohol motifs (C(OH)–C–C–N with tert-alkyl or cyclic N) is 1. The van der Waals surface area contributed by atoms with Crippen LogP contribution in [0, 0.1) is 0 Å². The lowest BCUT2D eigenvalue weighted by atomic mass is 10.1. The second kappa shape index (κ2) is 6.36. The van der Waals surface area contributed by atoms with Crippen LogP contribution in [-0.4, -0.2) is 45.1 Å². The number of aromatic amines is 2. The molecule has 1 amide bonds. The number of imidazole rings is 1. The maximum Gasteiger partial charge on any atom is 0.323 e. The van der Waals surface area contributed by atoms with Crippen molar-refractivity contribution in [3.05, 3.63) is 34.2 Å². The molecule has 1 saturated heterocycles. The molecular formula is C16H21N3O3. The van der Waals surface area contributed by atoms with Gasteiger partial charge in [-0.05, 0) is 43.4 Å². The van der Waals surface area contributed by atoms with E-state index in [1.165, 1.54) is 0 Å². The highest BCUT2D eigenvalue weighted by Crippen LogP contribution is 2.15. The van der Waals surface area contributed by atoms with Crippen molar-refractivity contribution in [1.29, 1.82) is 0 Å². The van der Waals surface area contributed by atoms with Gasteiger partial charge < -0.3 is 20.0 Å². The van der Waals surface area contributed by atoms with E-state index in [4.69, 9.17) is 0 Å². The van der Waals surface area contributed by atoms with Crippen LogP contribution in [0.4, 0.5) is 0 Å². The van der Waals surface area contributed by atoms with E-state index in [1.807, 2.05) is 18.2 Å². The molecule has 1 aromatic heterocycles. The van der Waals surface area contributed by atoms with E-state index in [9.17, 15) is 14.7 Å². The van der Waals surface area contributed by atoms with Crippen LogP contribution in [0.2, 0.25) is 0 Å². The Morgan fingerprint density at radius 1 is 1.32 bits per heavy atom. The molecule has 3 rings (SSSR count). The summed E-state index contributed by atoms with van der Waals surface area (Å²) in [7, 11) is 0. The van der Waals surface area contributed by atoms with Gasteiger partial charge in [0.25, 0.3) is 0 Å². The van der Waals surface area contributed by atoms with Crippen molar-refractivity contribution in [1.82, 2.24) is 14.9 Å². The van der Waals surface area contributed by atoms with Crippen LogP contribution < -0.4 is 5.69 Å². The summed E-state index contributed by atoms with van der Waals surface area (Å²) < 4.78 is 0. The zero-order valence-electron chi connectivity index (χ0n) is 12.5. The molecule has 0 bridgehead atoms. The monoisotopic (exact) mass is 303 g/mol. The Morgan fingerprint density at radius 2 is 2.14 bits per heavy atom. The molecule has 0 spiro atoms. The van der Waals surface area contributed by atoms with Gasteiger partial charge in [-0.3, -0.25) is 4.79 Å². The van der Waals surface area contributed by atoms with Gasteiger partial charge in [-0.2, -0.15) is 0 Å². The third kappa shape index (κ3) is 3.39. The molecule has 0 aliphatic carbocycles. The quantitative estimate of drug-likeness (QED) is 0.792. The van der Waals surface area contributed by atoms with Gasteiger partial charge in [0.15, 0.2) is 0 Å². The van der Waals surface area contributed by atoms with E-state index in [-0.39, 0.29) is 17.7 Å². The van der Waals surface area contributed by atoms with Gasteiger partial charge in [0.1, 0.15) is 0 Å². The molecule has 1 aromatic carbocycles. The number of aliphatic hydroxyl groups excluding tert-OH is 1. The number of aryl methyl sites for hydroxylation is 1. The summed E-state index contributed by atoms with van der Waals surface area (Å²) in [6.07, 6.45) is 3.36. The molecule has 1 aliphatic heterocycles. The molecule has 1 aliphatic rings. The molecule has 118 valence electrons. The first kappa shape index (κ1) is 14.8. The van der Waals surface area contributed by atoms with Crippen molar-refractivity contribution in [3.63, 3.8) is 0 Å². The Morgan fingerprint density at radius 3 is 2.95 bits per heavy atom. The Kier molecular flexibility index (Phi) is 4.29. The largest absolute Gasteiger partial charge is 0.391 e. The van der Waals surface area contributed by atoms with Crippen LogP contribution in [0.1, 0.15) is 31.2 Å². The van der Waals surface area contributed by atoms with Gasteiger partial charge >= 0.3 is 5.69 Å². The number of nitrogens with zero attached hydrogens (tertiary/aromatic N) is 1. The maximum absolute atomic E-state index is 12.1. The molecule has 1 atom stereocenters. The van der Waals surface area contributed by atoms with Crippen molar-refractivity contribution in [2.45, 2.75) is 38.2 Å². The number of hydrogen-bond donors (Lipinski definition) is 3. The van der Waals surface area contributed by atoms with Crippen molar-refractivity contribution in [3.8, 4) is 0 Å². The highest BCUT2D eigenvalue weighted by Gasteiger charge is 2.21. The minimum absolute atomic E-state index is 0.120. The van der Waals surface area contributed by atoms with Crippen LogP contribution in [0.5, 0.6) is 0 Å². The molecule has 3 N–H and O–H groups in total. The normalized spacial score (nSPS) is 18.8. The summed E-state index contributed by atoms with van der Waals surface area (Å²) >= 11 is 0. The minimum atomic E-state index is -0.370. The lowest BCUT2D eigenvalue weighted by Gasteiger charge is -2.30. The number of likely N-dealkylation sites (tertiary alicyclic amines) is 1. The van der Waals surface area contributed by atoms with Crippen LogP contribution >= 0.6 is 0 Å². The Hall–Kier alpha value is -2.08. The van der Waals surface area contributed by atoms with E-state index in [0.29, 0.717) is 13.0 Å². The molecule has 22 heavy (non-hydrogen) atoms. The summed E-state index contributed by atoms with van der Waals surface area (Å²) in [6, 6.07) is 5.80. The molecular weight excluding hydrogens is 282 g/mol. The number of aliphatic hydroxyl groups is 1. The molecule has 0 radical (unpaired) electrons. The van der Waals surface area contributed by atoms with E-state index < -0.39 is 0 Å². The Labute approximate surface area is 128 Å². The fourth-order valence-electron chi connectivity index (χ4n) is 3.02. The third-order valence-corrected chi connectivity index (χ3v) is 4.19. The standard InChI is InChI=1S/C16H21N3O3/c20-12-4-2-8-19(10-12)15(21)5-1-3-11-6-7-13-14(9-11)18-16(22)17-13/h6-7,9,12,20H,1-5,8,10H2,(H2,17,18,22). The Balaban J connectivity index is 1.53. The van der Waals surface area contributed by atoms with Gasteiger partial charge in [-0.1, -0.05) is 6.07 Å². The summed E-state index contributed by atoms with van der Waals surface area (Å²) in [4.78, 5) is 30.6. The second-order valence-electron chi connectivity index (χ2n) is 5.95. The molecule has 0 saturated carbocycles. The molecule has 6 nitrogen and oxygen atoms in total. The fraction of sp³-hybridized carbons (Fsp3) is 0.500. The van der Waals surface area contributed by atoms with E-state index in [1.54, 1.807) is 4.90 Å². The number of piperidine rings is 1. The molecule has 2 heterocycles. The van der Waals surface area contributed by atoms with Crippen LogP contribution in [0.15, 0.2) is 23.0 Å². The summed E-state index contributed by atoms with van der Waals surface area (Å²) in [5, 5.41) is 9.61. The minimum Gasteiger partial charge on any atom is -0.391 e. The average Bonchev–Trinajstić information content (AvgIpc) is 2.86. The third-order valence-electron chi connectivity index (χ3n) is 4.19. The lowest BCUT2D eigenvalue weighted by molar-refractivity contribution is -0.134. The predicted molar refractivity (Wildman–Crippen MR) is 83.7 cm³/mol. The summed E-state index contributed by atoms with van der Waals surface area (Å²) in [5.41, 5.74) is 2.50. The van der Waals surface area contributed by atoms with Crippen LogP contribution in [-0.2, 0) is 11.2 Å². The number of carbonyl (C=O) groups is 1. The number of H-pyrrole nitrogens is 2. The smallest absolute Gasteiger partial charge is 0.323 e. The topological polar surface area (TPSA) is 89.2 Å². The van der Waals surface area contributed by atoms with Gasteiger partial charge in [0.2, 0.25) is 5.91 Å². The van der Waals surface area contributed by atoms with Gasteiger partial charge in [-0.25, -0.2) is 4.79 Å². The SMILES string of the molecule is O=C(CCCc1ccc2[nH]c(=O)[nH]c2c1)N1CCCC(O)C1. The number of amides is 1. The number of hydrogen-bond acceptors (Lipinski definition) is 3. The van der Waals surface area contributed by atoms with Crippen LogP contribution in [0.3, 0.4) is 0 Å².